The summed E-state index contributed by atoms with van der Waals surface area (Å²) in [5.74, 6) is 0.408. The highest BCUT2D eigenvalue weighted by Gasteiger charge is 2.52. The van der Waals surface area contributed by atoms with Crippen LogP contribution in [-0.4, -0.2) is 32.3 Å². The van der Waals surface area contributed by atoms with Crippen LogP contribution in [0, 0.1) is 0 Å². The number of amides is 3. The van der Waals surface area contributed by atoms with E-state index in [4.69, 9.17) is 0 Å². The maximum absolute atomic E-state index is 12.1. The van der Waals surface area contributed by atoms with Gasteiger partial charge < -0.3 is 4.90 Å². The predicted octanol–water partition coefficient (Wildman–Crippen LogP) is 1.23. The van der Waals surface area contributed by atoms with E-state index in [1.54, 1.807) is 23.4 Å². The Labute approximate surface area is 111 Å². The van der Waals surface area contributed by atoms with Crippen LogP contribution in [0.25, 0.3) is 0 Å². The van der Waals surface area contributed by atoms with Crippen molar-refractivity contribution in [3.05, 3.63) is 24.3 Å². The lowest BCUT2D eigenvalue weighted by Gasteiger charge is -2.37. The zero-order valence-corrected chi connectivity index (χ0v) is 10.6. The van der Waals surface area contributed by atoms with Crippen molar-refractivity contribution in [2.24, 2.45) is 0 Å². The van der Waals surface area contributed by atoms with E-state index in [0.29, 0.717) is 12.4 Å². The molecule has 6 heteroatoms. The SMILES string of the molecule is O=C1NC(=O)C2(CCCCC2)N1Cc1ncccn1. The van der Waals surface area contributed by atoms with Crippen LogP contribution in [0.5, 0.6) is 0 Å². The van der Waals surface area contributed by atoms with Crippen molar-refractivity contribution in [3.63, 3.8) is 0 Å². The second-order valence-electron chi connectivity index (χ2n) is 5.10. The average molecular weight is 260 g/mol. The summed E-state index contributed by atoms with van der Waals surface area (Å²) in [6, 6.07) is 1.41. The van der Waals surface area contributed by atoms with E-state index in [1.807, 2.05) is 0 Å². The topological polar surface area (TPSA) is 75.2 Å². The quantitative estimate of drug-likeness (QED) is 0.811. The van der Waals surface area contributed by atoms with Gasteiger partial charge in [0.05, 0.1) is 6.54 Å². The molecule has 3 amide bonds. The smallest absolute Gasteiger partial charge is 0.302 e. The number of urea groups is 1. The number of hydrogen-bond donors (Lipinski definition) is 1. The first kappa shape index (κ1) is 12.1. The van der Waals surface area contributed by atoms with Crippen molar-refractivity contribution < 1.29 is 9.59 Å². The Bertz CT molecular complexity index is 497. The first-order valence-electron chi connectivity index (χ1n) is 6.61. The Morgan fingerprint density at radius 1 is 1.16 bits per heavy atom. The number of hydrogen-bond acceptors (Lipinski definition) is 4. The van der Waals surface area contributed by atoms with E-state index in [2.05, 4.69) is 15.3 Å². The van der Waals surface area contributed by atoms with Crippen LogP contribution in [0.3, 0.4) is 0 Å². The van der Waals surface area contributed by atoms with Gasteiger partial charge in [0.2, 0.25) is 0 Å². The van der Waals surface area contributed by atoms with Gasteiger partial charge in [-0.25, -0.2) is 14.8 Å². The summed E-state index contributed by atoms with van der Waals surface area (Å²) >= 11 is 0. The second-order valence-corrected chi connectivity index (χ2v) is 5.10. The van der Waals surface area contributed by atoms with E-state index in [9.17, 15) is 9.59 Å². The Hall–Kier alpha value is -1.98. The Kier molecular flexibility index (Phi) is 2.93. The van der Waals surface area contributed by atoms with Gasteiger partial charge in [0.25, 0.3) is 5.91 Å². The number of aromatic nitrogens is 2. The molecule has 1 aliphatic heterocycles. The molecule has 2 heterocycles. The van der Waals surface area contributed by atoms with Crippen molar-refractivity contribution >= 4 is 11.9 Å². The molecule has 2 aliphatic rings. The molecule has 1 N–H and O–H groups in total. The molecule has 1 saturated heterocycles. The van der Waals surface area contributed by atoms with Gasteiger partial charge in [-0.15, -0.1) is 0 Å². The van der Waals surface area contributed by atoms with Crippen LogP contribution >= 0.6 is 0 Å². The summed E-state index contributed by atoms with van der Waals surface area (Å²) in [6.45, 7) is 0.290. The summed E-state index contributed by atoms with van der Waals surface area (Å²) in [4.78, 5) is 34.0. The Balaban J connectivity index is 1.88. The van der Waals surface area contributed by atoms with Crippen LogP contribution in [0.1, 0.15) is 37.9 Å². The number of rotatable bonds is 2. The summed E-state index contributed by atoms with van der Waals surface area (Å²) in [6.07, 6.45) is 7.84. The van der Waals surface area contributed by atoms with Gasteiger partial charge in [-0.2, -0.15) is 0 Å². The van der Waals surface area contributed by atoms with Crippen molar-refractivity contribution in [2.75, 3.05) is 0 Å². The zero-order chi connectivity index (χ0) is 13.3. The summed E-state index contributed by atoms with van der Waals surface area (Å²) in [5.41, 5.74) is -0.672. The van der Waals surface area contributed by atoms with Gasteiger partial charge in [-0.05, 0) is 18.9 Å². The Morgan fingerprint density at radius 2 is 1.84 bits per heavy atom. The third kappa shape index (κ3) is 1.97. The lowest BCUT2D eigenvalue weighted by Crippen LogP contribution is -2.50. The molecule has 1 saturated carbocycles. The highest BCUT2D eigenvalue weighted by molar-refractivity contribution is 6.07. The fraction of sp³-hybridized carbons (Fsp3) is 0.538. The maximum Gasteiger partial charge on any atom is 0.325 e. The molecule has 6 nitrogen and oxygen atoms in total. The minimum Gasteiger partial charge on any atom is -0.302 e. The lowest BCUT2D eigenvalue weighted by molar-refractivity contribution is -0.128. The molecule has 100 valence electrons. The highest BCUT2D eigenvalue weighted by Crippen LogP contribution is 2.37. The van der Waals surface area contributed by atoms with Crippen molar-refractivity contribution in [2.45, 2.75) is 44.2 Å². The first-order chi connectivity index (χ1) is 9.22. The minimum absolute atomic E-state index is 0.159. The second kappa shape index (κ2) is 4.60. The number of nitrogens with zero attached hydrogens (tertiary/aromatic N) is 3. The van der Waals surface area contributed by atoms with Crippen molar-refractivity contribution in [1.29, 1.82) is 0 Å². The molecule has 0 atom stereocenters. The zero-order valence-electron chi connectivity index (χ0n) is 10.6. The van der Waals surface area contributed by atoms with Crippen LogP contribution in [0.2, 0.25) is 0 Å². The third-order valence-electron chi connectivity index (χ3n) is 4.00. The number of imide groups is 1. The van der Waals surface area contributed by atoms with Crippen LogP contribution in [0.15, 0.2) is 18.5 Å². The molecule has 1 aromatic heterocycles. The molecule has 1 aromatic rings. The predicted molar refractivity (Wildman–Crippen MR) is 66.9 cm³/mol. The standard InChI is InChI=1S/C13H16N4O2/c18-11-13(5-2-1-3-6-13)17(12(19)16-11)9-10-14-7-4-8-15-10/h4,7-8H,1-3,5-6,9H2,(H,16,18,19). The average Bonchev–Trinajstić information content (AvgIpc) is 2.66. The van der Waals surface area contributed by atoms with E-state index < -0.39 is 5.54 Å². The summed E-state index contributed by atoms with van der Waals surface area (Å²) in [5, 5.41) is 2.44. The first-order valence-corrected chi connectivity index (χ1v) is 6.61. The molecule has 1 aliphatic carbocycles. The largest absolute Gasteiger partial charge is 0.325 e. The highest BCUT2D eigenvalue weighted by atomic mass is 16.2. The minimum atomic E-state index is -0.672. The van der Waals surface area contributed by atoms with Crippen molar-refractivity contribution in [1.82, 2.24) is 20.2 Å². The lowest BCUT2D eigenvalue weighted by atomic mass is 9.80. The molecule has 19 heavy (non-hydrogen) atoms. The molecule has 0 unspecified atom stereocenters. The summed E-state index contributed by atoms with van der Waals surface area (Å²) in [7, 11) is 0. The van der Waals surface area contributed by atoms with Gasteiger partial charge in [-0.3, -0.25) is 10.1 Å². The molecule has 0 aromatic carbocycles. The molecule has 2 fully saturated rings. The normalized spacial score (nSPS) is 21.8. The fourth-order valence-corrected chi connectivity index (χ4v) is 3.01. The van der Waals surface area contributed by atoms with Gasteiger partial charge in [0, 0.05) is 12.4 Å². The summed E-state index contributed by atoms with van der Waals surface area (Å²) < 4.78 is 0. The van der Waals surface area contributed by atoms with Gasteiger partial charge in [-0.1, -0.05) is 19.3 Å². The Morgan fingerprint density at radius 3 is 2.53 bits per heavy atom. The molecule has 1 spiro atoms. The molecule has 0 bridgehead atoms. The number of carbonyl (C=O) groups is 2. The van der Waals surface area contributed by atoms with Gasteiger partial charge >= 0.3 is 6.03 Å². The molecule has 0 radical (unpaired) electrons. The number of nitrogens with one attached hydrogen (secondary N) is 1. The molecule has 3 rings (SSSR count). The molecular weight excluding hydrogens is 244 g/mol. The van der Waals surface area contributed by atoms with Gasteiger partial charge in [0.15, 0.2) is 0 Å². The van der Waals surface area contributed by atoms with E-state index in [0.717, 1.165) is 32.1 Å². The monoisotopic (exact) mass is 260 g/mol. The van der Waals surface area contributed by atoms with E-state index in [1.165, 1.54) is 0 Å². The fourth-order valence-electron chi connectivity index (χ4n) is 3.01. The van der Waals surface area contributed by atoms with E-state index >= 15 is 0 Å². The van der Waals surface area contributed by atoms with Crippen LogP contribution in [-0.2, 0) is 11.3 Å². The third-order valence-corrected chi connectivity index (χ3v) is 4.00. The maximum atomic E-state index is 12.1. The molecular formula is C13H16N4O2. The van der Waals surface area contributed by atoms with E-state index in [-0.39, 0.29) is 11.9 Å². The van der Waals surface area contributed by atoms with Crippen LogP contribution < -0.4 is 5.32 Å². The number of carbonyl (C=O) groups excluding carboxylic acids is 2. The van der Waals surface area contributed by atoms with Crippen LogP contribution in [0.4, 0.5) is 4.79 Å². The van der Waals surface area contributed by atoms with Gasteiger partial charge in [0.1, 0.15) is 11.4 Å². The van der Waals surface area contributed by atoms with Crippen molar-refractivity contribution in [3.8, 4) is 0 Å².